The normalized spacial score (nSPS) is 26.9. The van der Waals surface area contributed by atoms with Crippen LogP contribution in [0.2, 0.25) is 0 Å². The third-order valence-corrected chi connectivity index (χ3v) is 3.03. The summed E-state index contributed by atoms with van der Waals surface area (Å²) in [6, 6.07) is 1.82. The summed E-state index contributed by atoms with van der Waals surface area (Å²) in [4.78, 5) is 0. The van der Waals surface area contributed by atoms with Crippen LogP contribution >= 0.6 is 0 Å². The second kappa shape index (κ2) is 4.11. The van der Waals surface area contributed by atoms with E-state index in [4.69, 9.17) is 11.0 Å². The van der Waals surface area contributed by atoms with Crippen LogP contribution in [0, 0.1) is 17.2 Å². The molecule has 1 aliphatic rings. The Kier molecular flexibility index (Phi) is 3.42. The van der Waals surface area contributed by atoms with Crippen molar-refractivity contribution < 1.29 is 0 Å². The van der Waals surface area contributed by atoms with E-state index in [1.807, 2.05) is 0 Å². The molecule has 0 spiro atoms. The van der Waals surface area contributed by atoms with E-state index in [0.29, 0.717) is 5.92 Å². The molecule has 3 nitrogen and oxygen atoms in total. The average molecular weight is 209 g/mol. The van der Waals surface area contributed by atoms with Gasteiger partial charge >= 0.3 is 0 Å². The van der Waals surface area contributed by atoms with Gasteiger partial charge in [0.05, 0.1) is 12.1 Å². The van der Waals surface area contributed by atoms with Gasteiger partial charge in [0.25, 0.3) is 0 Å². The van der Waals surface area contributed by atoms with Crippen LogP contribution in [-0.4, -0.2) is 17.1 Å². The summed E-state index contributed by atoms with van der Waals surface area (Å²) in [6.07, 6.45) is 3.03. The number of hydrogen-bond acceptors (Lipinski definition) is 3. The van der Waals surface area contributed by atoms with Gasteiger partial charge in [-0.05, 0) is 52.9 Å². The smallest absolute Gasteiger partial charge is 0.0930 e. The van der Waals surface area contributed by atoms with E-state index in [-0.39, 0.29) is 17.1 Å². The Bertz CT molecular complexity index is 247. The van der Waals surface area contributed by atoms with Gasteiger partial charge in [-0.25, -0.2) is 0 Å². The quantitative estimate of drug-likeness (QED) is 0.728. The maximum Gasteiger partial charge on any atom is 0.0930 e. The topological polar surface area (TPSA) is 61.8 Å². The Hall–Kier alpha value is -0.590. The van der Waals surface area contributed by atoms with E-state index in [1.165, 1.54) is 0 Å². The highest BCUT2D eigenvalue weighted by Crippen LogP contribution is 2.34. The van der Waals surface area contributed by atoms with Crippen LogP contribution in [0.3, 0.4) is 0 Å². The molecular weight excluding hydrogens is 186 g/mol. The fraction of sp³-hybridized carbons (Fsp3) is 0.917. The minimum absolute atomic E-state index is 0.154. The zero-order chi connectivity index (χ0) is 11.7. The predicted octanol–water partition coefficient (Wildman–Crippen LogP) is 1.78. The molecule has 0 aromatic rings. The summed E-state index contributed by atoms with van der Waals surface area (Å²) in [6.45, 7) is 8.88. The molecule has 15 heavy (non-hydrogen) atoms. The summed E-state index contributed by atoms with van der Waals surface area (Å²) in [5, 5.41) is 12.4. The minimum Gasteiger partial charge on any atom is -0.316 e. The molecule has 3 heteroatoms. The Morgan fingerprint density at radius 3 is 2.20 bits per heavy atom. The maximum atomic E-state index is 8.74. The number of rotatable bonds is 2. The summed E-state index contributed by atoms with van der Waals surface area (Å²) >= 11 is 0. The van der Waals surface area contributed by atoms with Crippen LogP contribution in [0.1, 0.15) is 47.0 Å². The monoisotopic (exact) mass is 209 g/mol. The standard InChI is InChI=1S/C12H23N3/c1-11(2)6-9(5-10(14)8-13)7-12(3,4)15-11/h9-10,15H,5-7,14H2,1-4H3. The first-order valence-corrected chi connectivity index (χ1v) is 5.69. The lowest BCUT2D eigenvalue weighted by atomic mass is 9.74. The van der Waals surface area contributed by atoms with E-state index in [2.05, 4.69) is 39.1 Å². The van der Waals surface area contributed by atoms with Crippen LogP contribution in [0.5, 0.6) is 0 Å². The van der Waals surface area contributed by atoms with Crippen molar-refractivity contribution in [2.45, 2.75) is 64.1 Å². The summed E-state index contributed by atoms with van der Waals surface area (Å²) in [7, 11) is 0. The molecule has 3 N–H and O–H groups in total. The molecule has 0 amide bonds. The number of nitrogens with one attached hydrogen (secondary N) is 1. The molecule has 0 radical (unpaired) electrons. The maximum absolute atomic E-state index is 8.74. The summed E-state index contributed by atoms with van der Waals surface area (Å²) in [5.74, 6) is 0.561. The van der Waals surface area contributed by atoms with Crippen molar-refractivity contribution >= 4 is 0 Å². The summed E-state index contributed by atoms with van der Waals surface area (Å²) < 4.78 is 0. The van der Waals surface area contributed by atoms with E-state index in [1.54, 1.807) is 0 Å². The van der Waals surface area contributed by atoms with Gasteiger partial charge in [0, 0.05) is 11.1 Å². The molecule has 1 fully saturated rings. The zero-order valence-electron chi connectivity index (χ0n) is 10.3. The molecule has 0 bridgehead atoms. The third-order valence-electron chi connectivity index (χ3n) is 3.03. The molecule has 1 saturated heterocycles. The highest BCUT2D eigenvalue weighted by Gasteiger charge is 2.37. The van der Waals surface area contributed by atoms with Gasteiger partial charge in [0.2, 0.25) is 0 Å². The van der Waals surface area contributed by atoms with Gasteiger partial charge in [-0.1, -0.05) is 0 Å². The Labute approximate surface area is 93.0 Å². The van der Waals surface area contributed by atoms with Gasteiger partial charge in [-0.15, -0.1) is 0 Å². The number of hydrogen-bond donors (Lipinski definition) is 2. The molecule has 0 aromatic carbocycles. The lowest BCUT2D eigenvalue weighted by molar-refractivity contribution is 0.122. The molecule has 0 aromatic heterocycles. The number of nitrogens with zero attached hydrogens (tertiary/aromatic N) is 1. The molecule has 0 saturated carbocycles. The number of nitrogens with two attached hydrogens (primary N) is 1. The average Bonchev–Trinajstić information content (AvgIpc) is 1.97. The SMILES string of the molecule is CC1(C)CC(CC(N)C#N)CC(C)(C)N1. The molecule has 0 aliphatic carbocycles. The molecule has 1 atom stereocenters. The third kappa shape index (κ3) is 3.81. The Morgan fingerprint density at radius 1 is 1.33 bits per heavy atom. The van der Waals surface area contributed by atoms with E-state index < -0.39 is 0 Å². The van der Waals surface area contributed by atoms with Crippen molar-refractivity contribution in [2.75, 3.05) is 0 Å². The largest absolute Gasteiger partial charge is 0.316 e. The molecule has 1 unspecified atom stereocenters. The Balaban J connectivity index is 2.64. The fourth-order valence-electron chi connectivity index (χ4n) is 3.11. The van der Waals surface area contributed by atoms with Crippen LogP contribution < -0.4 is 11.1 Å². The van der Waals surface area contributed by atoms with Crippen molar-refractivity contribution in [1.82, 2.24) is 5.32 Å². The van der Waals surface area contributed by atoms with Crippen molar-refractivity contribution in [2.24, 2.45) is 11.7 Å². The molecule has 1 rings (SSSR count). The zero-order valence-corrected chi connectivity index (χ0v) is 10.3. The first kappa shape index (κ1) is 12.5. The van der Waals surface area contributed by atoms with E-state index in [0.717, 1.165) is 19.3 Å². The number of piperidine rings is 1. The van der Waals surface area contributed by atoms with Gasteiger partial charge < -0.3 is 11.1 Å². The van der Waals surface area contributed by atoms with Crippen LogP contribution in [0.25, 0.3) is 0 Å². The first-order chi connectivity index (χ1) is 6.74. The van der Waals surface area contributed by atoms with Crippen molar-refractivity contribution in [1.29, 1.82) is 5.26 Å². The lowest BCUT2D eigenvalue weighted by Crippen LogP contribution is -2.58. The highest BCUT2D eigenvalue weighted by molar-refractivity contribution is 4.99. The second-order valence-corrected chi connectivity index (χ2v) is 6.14. The van der Waals surface area contributed by atoms with Crippen molar-refractivity contribution in [3.8, 4) is 6.07 Å². The molecule has 1 aliphatic heterocycles. The van der Waals surface area contributed by atoms with Gasteiger partial charge in [-0.3, -0.25) is 0 Å². The molecule has 1 heterocycles. The first-order valence-electron chi connectivity index (χ1n) is 5.69. The van der Waals surface area contributed by atoms with Crippen molar-refractivity contribution in [3.05, 3.63) is 0 Å². The van der Waals surface area contributed by atoms with E-state index >= 15 is 0 Å². The Morgan fingerprint density at radius 2 is 1.80 bits per heavy atom. The fourth-order valence-corrected chi connectivity index (χ4v) is 3.11. The molecule has 86 valence electrons. The second-order valence-electron chi connectivity index (χ2n) is 6.14. The van der Waals surface area contributed by atoms with Crippen LogP contribution in [0.15, 0.2) is 0 Å². The minimum atomic E-state index is -0.306. The van der Waals surface area contributed by atoms with Gasteiger partial charge in [-0.2, -0.15) is 5.26 Å². The number of nitriles is 1. The lowest BCUT2D eigenvalue weighted by Gasteiger charge is -2.46. The van der Waals surface area contributed by atoms with Gasteiger partial charge in [0.15, 0.2) is 0 Å². The molecular formula is C12H23N3. The predicted molar refractivity (Wildman–Crippen MR) is 62.2 cm³/mol. The summed E-state index contributed by atoms with van der Waals surface area (Å²) in [5.41, 5.74) is 6.01. The van der Waals surface area contributed by atoms with E-state index in [9.17, 15) is 0 Å². The van der Waals surface area contributed by atoms with Crippen molar-refractivity contribution in [3.63, 3.8) is 0 Å². The van der Waals surface area contributed by atoms with Gasteiger partial charge in [0.1, 0.15) is 0 Å². The van der Waals surface area contributed by atoms with Crippen LogP contribution in [0.4, 0.5) is 0 Å². The highest BCUT2D eigenvalue weighted by atomic mass is 15.0. The van der Waals surface area contributed by atoms with Crippen LogP contribution in [-0.2, 0) is 0 Å².